The van der Waals surface area contributed by atoms with Gasteiger partial charge >= 0.3 is 5.69 Å². The molecule has 5 heterocycles. The van der Waals surface area contributed by atoms with Crippen molar-refractivity contribution >= 4 is 22.8 Å². The van der Waals surface area contributed by atoms with Crippen molar-refractivity contribution in [1.29, 1.82) is 5.26 Å². The van der Waals surface area contributed by atoms with Crippen LogP contribution in [0.2, 0.25) is 0 Å². The third-order valence-electron chi connectivity index (χ3n) is 7.83. The fourth-order valence-corrected chi connectivity index (χ4v) is 5.62. The second-order valence-corrected chi connectivity index (χ2v) is 10.1. The molecule has 3 atom stereocenters. The van der Waals surface area contributed by atoms with Gasteiger partial charge in [-0.3, -0.25) is 9.47 Å². The second kappa shape index (κ2) is 9.54. The van der Waals surface area contributed by atoms with Gasteiger partial charge in [0.1, 0.15) is 22.8 Å². The smallest absolute Gasteiger partial charge is 0.350 e. The van der Waals surface area contributed by atoms with Crippen LogP contribution in [-0.4, -0.2) is 67.2 Å². The Morgan fingerprint density at radius 3 is 2.64 bits per heavy atom. The molecular weight excluding hydrogens is 454 g/mol. The van der Waals surface area contributed by atoms with Gasteiger partial charge in [0, 0.05) is 64.1 Å². The fraction of sp³-hybridized carbons (Fsp3) is 0.577. The lowest BCUT2D eigenvalue weighted by atomic mass is 10.0. The molecule has 2 aliphatic rings. The molecule has 10 heteroatoms. The van der Waals surface area contributed by atoms with Gasteiger partial charge in [-0.15, -0.1) is 0 Å². The first kappa shape index (κ1) is 24.3. The van der Waals surface area contributed by atoms with E-state index in [1.54, 1.807) is 11.6 Å². The maximum atomic E-state index is 12.9. The minimum absolute atomic E-state index is 0.134. The number of aromatic nitrogens is 5. The third-order valence-corrected chi connectivity index (χ3v) is 7.83. The van der Waals surface area contributed by atoms with Crippen LogP contribution < -0.4 is 15.5 Å². The lowest BCUT2D eigenvalue weighted by molar-refractivity contribution is 0.119. The van der Waals surface area contributed by atoms with Crippen molar-refractivity contribution in [2.24, 2.45) is 7.05 Å². The van der Waals surface area contributed by atoms with Gasteiger partial charge in [0.05, 0.1) is 12.5 Å². The van der Waals surface area contributed by atoms with Crippen LogP contribution in [0.15, 0.2) is 23.1 Å². The van der Waals surface area contributed by atoms with Crippen LogP contribution in [0.4, 0.5) is 11.6 Å². The average Bonchev–Trinajstić information content (AvgIpc) is 3.20. The Labute approximate surface area is 211 Å². The van der Waals surface area contributed by atoms with Gasteiger partial charge in [-0.25, -0.2) is 14.8 Å². The van der Waals surface area contributed by atoms with Crippen LogP contribution in [0.3, 0.4) is 0 Å². The molecule has 0 aromatic carbocycles. The molecule has 2 saturated heterocycles. The van der Waals surface area contributed by atoms with Gasteiger partial charge in [0.15, 0.2) is 5.82 Å². The summed E-state index contributed by atoms with van der Waals surface area (Å²) >= 11 is 0. The SMILES string of the molecule is CCn1c(CC#N)nc2c(N3C[C@@H](C)N(C(C)c4ccnc(N5CCC5)c4)C[C@@H]3C)nc(=O)n(C)c21. The summed E-state index contributed by atoms with van der Waals surface area (Å²) in [6.07, 6.45) is 3.35. The quantitative estimate of drug-likeness (QED) is 0.521. The molecule has 10 nitrogen and oxygen atoms in total. The molecule has 0 saturated carbocycles. The van der Waals surface area contributed by atoms with Crippen molar-refractivity contribution in [3.63, 3.8) is 0 Å². The standard InChI is InChI=1S/C26H35N9O/c1-6-33-21(8-10-27)29-23-24(30-26(36)31(5)25(23)33)35-16-17(2)34(15-18(35)3)19(4)20-9-11-28-22(14-20)32-12-7-13-32/h9,11,14,17-19H,6-8,12-13,15-16H2,1-5H3/t17-,18+,19?/m1/s1. The minimum Gasteiger partial charge on any atom is -0.356 e. The molecule has 36 heavy (non-hydrogen) atoms. The van der Waals surface area contributed by atoms with E-state index in [9.17, 15) is 10.1 Å². The molecule has 0 radical (unpaired) electrons. The maximum absolute atomic E-state index is 12.9. The Balaban J connectivity index is 1.46. The summed E-state index contributed by atoms with van der Waals surface area (Å²) in [5.41, 5.74) is 2.39. The number of aryl methyl sites for hydroxylation is 2. The summed E-state index contributed by atoms with van der Waals surface area (Å²) < 4.78 is 3.50. The van der Waals surface area contributed by atoms with Crippen LogP contribution in [0.1, 0.15) is 51.5 Å². The zero-order valence-electron chi connectivity index (χ0n) is 21.8. The second-order valence-electron chi connectivity index (χ2n) is 10.1. The number of pyridine rings is 1. The third kappa shape index (κ3) is 4.01. The van der Waals surface area contributed by atoms with Gasteiger partial charge < -0.3 is 14.4 Å². The van der Waals surface area contributed by atoms with Crippen LogP contribution in [0.25, 0.3) is 11.2 Å². The van der Waals surface area contributed by atoms with E-state index in [2.05, 4.69) is 63.6 Å². The molecular formula is C26H35N9O. The Hall–Kier alpha value is -3.45. The van der Waals surface area contributed by atoms with Crippen LogP contribution in [-0.2, 0) is 20.0 Å². The number of imidazole rings is 1. The molecule has 3 aromatic rings. The molecule has 190 valence electrons. The molecule has 3 aromatic heterocycles. The molecule has 1 unspecified atom stereocenters. The number of hydrogen-bond acceptors (Lipinski definition) is 8. The first-order chi connectivity index (χ1) is 17.3. The molecule has 5 rings (SSSR count). The fourth-order valence-electron chi connectivity index (χ4n) is 5.62. The van der Waals surface area contributed by atoms with E-state index in [4.69, 9.17) is 4.98 Å². The first-order valence-electron chi connectivity index (χ1n) is 12.9. The molecule has 0 N–H and O–H groups in total. The van der Waals surface area contributed by atoms with E-state index >= 15 is 0 Å². The van der Waals surface area contributed by atoms with E-state index in [0.717, 1.165) is 37.6 Å². The van der Waals surface area contributed by atoms with E-state index < -0.39 is 0 Å². The number of anilines is 2. The largest absolute Gasteiger partial charge is 0.356 e. The molecule has 0 spiro atoms. The summed E-state index contributed by atoms with van der Waals surface area (Å²) in [6.45, 7) is 13.0. The molecule has 2 aliphatic heterocycles. The van der Waals surface area contributed by atoms with Crippen molar-refractivity contribution in [3.8, 4) is 6.07 Å². The summed E-state index contributed by atoms with van der Waals surface area (Å²) in [7, 11) is 1.72. The lowest BCUT2D eigenvalue weighted by Gasteiger charge is -2.47. The number of rotatable bonds is 6. The number of hydrogen-bond donors (Lipinski definition) is 0. The highest BCUT2D eigenvalue weighted by Gasteiger charge is 2.35. The highest BCUT2D eigenvalue weighted by Crippen LogP contribution is 2.33. The van der Waals surface area contributed by atoms with Gasteiger partial charge in [-0.1, -0.05) is 0 Å². The number of nitriles is 1. The topological polar surface area (TPSA) is 99.1 Å². The molecule has 0 amide bonds. The van der Waals surface area contributed by atoms with Gasteiger partial charge in [0.25, 0.3) is 0 Å². The van der Waals surface area contributed by atoms with Crippen molar-refractivity contribution in [2.45, 2.75) is 65.2 Å². The molecule has 0 bridgehead atoms. The first-order valence-corrected chi connectivity index (χ1v) is 12.9. The Kier molecular flexibility index (Phi) is 6.43. The molecule has 2 fully saturated rings. The zero-order chi connectivity index (χ0) is 25.6. The summed E-state index contributed by atoms with van der Waals surface area (Å²) in [5, 5.41) is 9.31. The maximum Gasteiger partial charge on any atom is 0.350 e. The minimum atomic E-state index is -0.304. The van der Waals surface area contributed by atoms with Gasteiger partial charge in [0.2, 0.25) is 0 Å². The van der Waals surface area contributed by atoms with Gasteiger partial charge in [-0.2, -0.15) is 10.2 Å². The summed E-state index contributed by atoms with van der Waals surface area (Å²) in [5.74, 6) is 2.36. The Bertz CT molecular complexity index is 1370. The van der Waals surface area contributed by atoms with E-state index in [0.29, 0.717) is 23.7 Å². The highest BCUT2D eigenvalue weighted by atomic mass is 16.1. The van der Waals surface area contributed by atoms with Crippen LogP contribution in [0.5, 0.6) is 0 Å². The average molecular weight is 490 g/mol. The Morgan fingerprint density at radius 1 is 1.19 bits per heavy atom. The van der Waals surface area contributed by atoms with Crippen LogP contribution in [0, 0.1) is 11.3 Å². The van der Waals surface area contributed by atoms with Crippen molar-refractivity contribution in [1.82, 2.24) is 29.0 Å². The summed E-state index contributed by atoms with van der Waals surface area (Å²) in [4.78, 5) is 33.8. The van der Waals surface area contributed by atoms with E-state index in [1.165, 1.54) is 12.0 Å². The normalized spacial score (nSPS) is 21.4. The monoisotopic (exact) mass is 489 g/mol. The van der Waals surface area contributed by atoms with Crippen molar-refractivity contribution in [3.05, 3.63) is 40.2 Å². The van der Waals surface area contributed by atoms with E-state index in [1.807, 2.05) is 17.7 Å². The Morgan fingerprint density at radius 2 is 1.97 bits per heavy atom. The number of piperazine rings is 1. The van der Waals surface area contributed by atoms with Crippen LogP contribution >= 0.6 is 0 Å². The van der Waals surface area contributed by atoms with Gasteiger partial charge in [-0.05, 0) is 51.8 Å². The van der Waals surface area contributed by atoms with E-state index in [-0.39, 0.29) is 30.2 Å². The number of fused-ring (bicyclic) bond motifs is 1. The predicted molar refractivity (Wildman–Crippen MR) is 140 cm³/mol. The number of nitrogens with zero attached hydrogens (tertiary/aromatic N) is 9. The highest BCUT2D eigenvalue weighted by molar-refractivity contribution is 5.84. The van der Waals surface area contributed by atoms with Crippen molar-refractivity contribution < 1.29 is 0 Å². The van der Waals surface area contributed by atoms with Crippen molar-refractivity contribution in [2.75, 3.05) is 36.0 Å². The lowest BCUT2D eigenvalue weighted by Crippen LogP contribution is -2.57. The predicted octanol–water partition coefficient (Wildman–Crippen LogP) is 2.48. The molecule has 0 aliphatic carbocycles. The zero-order valence-corrected chi connectivity index (χ0v) is 21.8. The summed E-state index contributed by atoms with van der Waals surface area (Å²) in [6, 6.07) is 7.17.